The van der Waals surface area contributed by atoms with E-state index in [0.717, 1.165) is 13.8 Å². The van der Waals surface area contributed by atoms with Crippen molar-refractivity contribution in [1.82, 2.24) is 25.2 Å². The maximum atomic E-state index is 15.1. The van der Waals surface area contributed by atoms with Crippen LogP contribution in [0.15, 0.2) is 54.6 Å². The van der Waals surface area contributed by atoms with Crippen LogP contribution in [0.4, 0.5) is 13.6 Å². The second-order valence-electron chi connectivity index (χ2n) is 18.9. The third kappa shape index (κ3) is 9.72. The van der Waals surface area contributed by atoms with Gasteiger partial charge in [-0.25, -0.2) is 27.0 Å². The molecule has 4 heterocycles. The number of aromatic nitrogens is 1. The number of methoxy groups -OCH3 is 1. The molecule has 2 aliphatic carbocycles. The first kappa shape index (κ1) is 46.8. The summed E-state index contributed by atoms with van der Waals surface area (Å²) in [5.74, 6) is -4.98. The number of hydrogen-bond donors (Lipinski definition) is 3. The lowest BCUT2D eigenvalue weighted by Gasteiger charge is -2.35. The number of sulfonamides is 1. The number of amides is 4. The third-order valence-electron chi connectivity index (χ3n) is 13.4. The molecule has 66 heavy (non-hydrogen) atoms. The number of carbonyl (C=O) groups excluding carboxylic acids is 4. The van der Waals surface area contributed by atoms with Gasteiger partial charge in [-0.3, -0.25) is 19.1 Å². The van der Waals surface area contributed by atoms with E-state index in [9.17, 15) is 31.6 Å². The highest BCUT2D eigenvalue weighted by atomic mass is 32.2. The zero-order valence-corrected chi connectivity index (χ0v) is 38.7. The molecule has 1 aromatic heterocycles. The summed E-state index contributed by atoms with van der Waals surface area (Å²) in [5, 5.41) is 6.03. The van der Waals surface area contributed by atoms with Crippen molar-refractivity contribution >= 4 is 44.6 Å². The molecule has 356 valence electrons. The van der Waals surface area contributed by atoms with Gasteiger partial charge in [0.15, 0.2) is 17.1 Å². The lowest BCUT2D eigenvalue weighted by Crippen LogP contribution is -2.59. The Morgan fingerprint density at radius 2 is 1.73 bits per heavy atom. The van der Waals surface area contributed by atoms with Crippen LogP contribution in [0.5, 0.6) is 23.1 Å². The molecular formula is C47H57F2N5O11S. The van der Waals surface area contributed by atoms with Crippen LogP contribution in [0.1, 0.15) is 79.6 Å². The Kier molecular flexibility index (Phi) is 12.6. The van der Waals surface area contributed by atoms with E-state index in [-0.39, 0.29) is 31.2 Å². The van der Waals surface area contributed by atoms with Crippen LogP contribution in [-0.2, 0) is 29.1 Å². The minimum absolute atomic E-state index is 0.0000621. The quantitative estimate of drug-likeness (QED) is 0.199. The third-order valence-corrected chi connectivity index (χ3v) is 15.2. The summed E-state index contributed by atoms with van der Waals surface area (Å²) in [7, 11) is -2.44. The Bertz CT molecular complexity index is 2550. The van der Waals surface area contributed by atoms with Gasteiger partial charge in [0.05, 0.1) is 24.6 Å². The summed E-state index contributed by atoms with van der Waals surface area (Å²) in [5.41, 5.74) is -2.67. The Morgan fingerprint density at radius 3 is 2.44 bits per heavy atom. The van der Waals surface area contributed by atoms with Gasteiger partial charge in [0.1, 0.15) is 42.7 Å². The van der Waals surface area contributed by atoms with E-state index < -0.39 is 86.2 Å². The molecule has 7 atom stereocenters. The highest BCUT2D eigenvalue weighted by Gasteiger charge is 2.62. The lowest BCUT2D eigenvalue weighted by molar-refractivity contribution is -0.152. The van der Waals surface area contributed by atoms with Crippen molar-refractivity contribution < 1.29 is 60.1 Å². The van der Waals surface area contributed by atoms with Crippen LogP contribution >= 0.6 is 0 Å². The SMILES string of the molecule is COc1ccc2c(OC3CC4C(=O)NC5(C(=O)NS(=O)(=O)C6CC6)CC5C=CCCC(C)CC(C)C(NC(=O)OC(C)(C)C(C)(F)F)C(=O)N4C3)nc(-c3ccc4c(c3)OCCO4)cc2c1. The number of alkyl carbamates (subject to hydrolysis) is 1. The zero-order valence-electron chi connectivity index (χ0n) is 37.9. The number of halogens is 2. The van der Waals surface area contributed by atoms with E-state index in [2.05, 4.69) is 15.4 Å². The first-order valence-corrected chi connectivity index (χ1v) is 24.0. The maximum absolute atomic E-state index is 15.1. The number of allylic oxidation sites excluding steroid dienone is 1. The molecule has 3 aliphatic heterocycles. The molecular weight excluding hydrogens is 881 g/mol. The van der Waals surface area contributed by atoms with E-state index in [0.29, 0.717) is 91.5 Å². The monoisotopic (exact) mass is 937 g/mol. The number of alkyl halides is 2. The standard InChI is InChI=1S/C47H57F2N5O11S/c1-26-9-7-8-10-30-24-47(30,43(57)53-66(59,60)33-13-14-33)52-40(55)36-23-32(25-54(36)42(56)39(27(2)19-26)51-44(58)65-45(3,4)46(5,48)49)64-41-34-15-12-31(61-6)20-29(34)21-35(50-41)28-11-16-37-38(22-28)63-18-17-62-37/h8,10-12,15-16,20-22,26-27,30,32-33,36,39H,7,9,13-14,17-19,23-25H2,1-6H3,(H,51,58)(H,52,55)(H,53,57). The Hall–Kier alpha value is -5.72. The summed E-state index contributed by atoms with van der Waals surface area (Å²) >= 11 is 0. The van der Waals surface area contributed by atoms with Crippen molar-refractivity contribution in [1.29, 1.82) is 0 Å². The minimum Gasteiger partial charge on any atom is -0.497 e. The first-order chi connectivity index (χ1) is 31.2. The fraction of sp³-hybridized carbons (Fsp3) is 0.553. The number of nitrogens with one attached hydrogen (secondary N) is 3. The molecule has 4 amide bonds. The molecule has 19 heteroatoms. The van der Waals surface area contributed by atoms with Crippen molar-refractivity contribution in [2.24, 2.45) is 17.8 Å². The molecule has 3 fully saturated rings. The highest BCUT2D eigenvalue weighted by Crippen LogP contribution is 2.46. The number of carbonyl (C=O) groups is 4. The normalized spacial score (nSPS) is 27.1. The summed E-state index contributed by atoms with van der Waals surface area (Å²) in [6.07, 6.45) is 4.05. The number of hydrogen-bond acceptors (Lipinski definition) is 12. The smallest absolute Gasteiger partial charge is 0.408 e. The first-order valence-electron chi connectivity index (χ1n) is 22.5. The number of pyridine rings is 1. The van der Waals surface area contributed by atoms with Crippen molar-refractivity contribution in [3.8, 4) is 34.4 Å². The fourth-order valence-electron chi connectivity index (χ4n) is 8.90. The van der Waals surface area contributed by atoms with E-state index >= 15 is 4.79 Å². The van der Waals surface area contributed by atoms with Gasteiger partial charge in [0, 0.05) is 30.2 Å². The molecule has 5 aliphatic rings. The van der Waals surface area contributed by atoms with Crippen molar-refractivity contribution in [2.75, 3.05) is 26.9 Å². The second kappa shape index (κ2) is 17.8. The van der Waals surface area contributed by atoms with Crippen LogP contribution in [0.3, 0.4) is 0 Å². The average Bonchev–Trinajstić information content (AvgIpc) is 4.19. The maximum Gasteiger partial charge on any atom is 0.408 e. The summed E-state index contributed by atoms with van der Waals surface area (Å²) in [6.45, 7) is 7.10. The van der Waals surface area contributed by atoms with Crippen LogP contribution in [-0.4, -0.2) is 109 Å². The van der Waals surface area contributed by atoms with Gasteiger partial charge in [-0.2, -0.15) is 0 Å². The van der Waals surface area contributed by atoms with Crippen molar-refractivity contribution in [3.05, 3.63) is 54.6 Å². The molecule has 0 spiro atoms. The molecule has 2 aromatic carbocycles. The predicted octanol–water partition coefficient (Wildman–Crippen LogP) is 6.05. The lowest BCUT2D eigenvalue weighted by atomic mass is 9.88. The topological polar surface area (TPSA) is 201 Å². The Labute approximate surface area is 382 Å². The highest BCUT2D eigenvalue weighted by molar-refractivity contribution is 7.91. The van der Waals surface area contributed by atoms with Gasteiger partial charge in [-0.05, 0) is 112 Å². The summed E-state index contributed by atoms with van der Waals surface area (Å²) in [4.78, 5) is 63.5. The molecule has 0 radical (unpaired) electrons. The number of benzene rings is 2. The van der Waals surface area contributed by atoms with E-state index in [1.54, 1.807) is 32.2 Å². The van der Waals surface area contributed by atoms with Crippen molar-refractivity contribution in [2.45, 2.75) is 120 Å². The van der Waals surface area contributed by atoms with Crippen LogP contribution in [0.2, 0.25) is 0 Å². The summed E-state index contributed by atoms with van der Waals surface area (Å²) < 4.78 is 86.4. The zero-order chi connectivity index (χ0) is 47.3. The molecule has 7 unspecified atom stereocenters. The molecule has 2 saturated carbocycles. The molecule has 16 nitrogen and oxygen atoms in total. The molecule has 0 bridgehead atoms. The van der Waals surface area contributed by atoms with Gasteiger partial charge in [0.2, 0.25) is 27.7 Å². The van der Waals surface area contributed by atoms with Gasteiger partial charge in [0.25, 0.3) is 11.8 Å². The largest absolute Gasteiger partial charge is 0.497 e. The van der Waals surface area contributed by atoms with Gasteiger partial charge >= 0.3 is 6.09 Å². The Morgan fingerprint density at radius 1 is 0.985 bits per heavy atom. The van der Waals surface area contributed by atoms with Gasteiger partial charge in [-0.15, -0.1) is 0 Å². The number of rotatable bonds is 10. The van der Waals surface area contributed by atoms with Crippen LogP contribution in [0, 0.1) is 17.8 Å². The predicted molar refractivity (Wildman–Crippen MR) is 238 cm³/mol. The Balaban J connectivity index is 1.16. The fourth-order valence-corrected chi connectivity index (χ4v) is 10.3. The second-order valence-corrected chi connectivity index (χ2v) is 20.9. The van der Waals surface area contributed by atoms with E-state index in [4.69, 9.17) is 28.7 Å². The number of fused-ring (bicyclic) bond motifs is 4. The molecule has 1 saturated heterocycles. The van der Waals surface area contributed by atoms with Crippen LogP contribution in [0.25, 0.3) is 22.0 Å². The number of nitrogens with zero attached hydrogens (tertiary/aromatic N) is 2. The number of ether oxygens (including phenoxy) is 5. The average molecular weight is 938 g/mol. The van der Waals surface area contributed by atoms with Gasteiger partial charge < -0.3 is 39.2 Å². The van der Waals surface area contributed by atoms with Crippen molar-refractivity contribution in [3.63, 3.8) is 0 Å². The van der Waals surface area contributed by atoms with E-state index in [1.165, 1.54) is 4.90 Å². The van der Waals surface area contributed by atoms with E-state index in [1.807, 2.05) is 43.3 Å². The molecule has 8 rings (SSSR count). The molecule has 3 N–H and O–H groups in total. The summed E-state index contributed by atoms with van der Waals surface area (Å²) in [6, 6.07) is 10.0. The minimum atomic E-state index is -3.99. The molecule has 3 aromatic rings. The van der Waals surface area contributed by atoms with Crippen LogP contribution < -0.4 is 34.3 Å². The van der Waals surface area contributed by atoms with Gasteiger partial charge in [-0.1, -0.05) is 26.0 Å².